The molecule has 0 amide bonds. The van der Waals surface area contributed by atoms with E-state index in [9.17, 15) is 4.79 Å². The summed E-state index contributed by atoms with van der Waals surface area (Å²) in [6, 6.07) is 3.41. The average Bonchev–Trinajstić information content (AvgIpc) is 1.99. The first kappa shape index (κ1) is 8.99. The van der Waals surface area contributed by atoms with Gasteiger partial charge in [-0.15, -0.1) is 0 Å². The van der Waals surface area contributed by atoms with E-state index in [0.29, 0.717) is 18.0 Å². The van der Waals surface area contributed by atoms with Crippen LogP contribution in [-0.2, 0) is 16.1 Å². The monoisotopic (exact) mass is 230 g/mol. The number of hydrogen-bond donors (Lipinski definition) is 1. The molecule has 0 aliphatic heterocycles. The normalized spacial score (nSPS) is 9.42. The van der Waals surface area contributed by atoms with Gasteiger partial charge in [0.05, 0.1) is 5.69 Å². The van der Waals surface area contributed by atoms with E-state index in [1.807, 2.05) is 0 Å². The summed E-state index contributed by atoms with van der Waals surface area (Å²) in [4.78, 5) is 13.8. The van der Waals surface area contributed by atoms with Crippen LogP contribution in [0.1, 0.15) is 5.69 Å². The molecule has 4 nitrogen and oxygen atoms in total. The van der Waals surface area contributed by atoms with E-state index in [1.165, 1.54) is 0 Å². The molecule has 1 aromatic rings. The van der Waals surface area contributed by atoms with Crippen LogP contribution in [0.3, 0.4) is 0 Å². The lowest BCUT2D eigenvalue weighted by Gasteiger charge is -2.00. The van der Waals surface area contributed by atoms with E-state index in [-0.39, 0.29) is 6.61 Å². The lowest BCUT2D eigenvalue weighted by Crippen LogP contribution is -1.97. The smallest absolute Gasteiger partial charge is 0.293 e. The molecule has 0 unspecified atom stereocenters. The van der Waals surface area contributed by atoms with Gasteiger partial charge >= 0.3 is 0 Å². The average molecular weight is 231 g/mol. The molecule has 5 heteroatoms. The van der Waals surface area contributed by atoms with Crippen LogP contribution < -0.4 is 5.73 Å². The highest BCUT2D eigenvalue weighted by molar-refractivity contribution is 9.10. The van der Waals surface area contributed by atoms with Crippen molar-refractivity contribution in [3.63, 3.8) is 0 Å². The molecule has 0 aromatic carbocycles. The first-order valence-electron chi connectivity index (χ1n) is 3.19. The number of anilines is 1. The number of hydrogen-bond acceptors (Lipinski definition) is 4. The van der Waals surface area contributed by atoms with Gasteiger partial charge < -0.3 is 10.5 Å². The Morgan fingerprint density at radius 3 is 3.00 bits per heavy atom. The van der Waals surface area contributed by atoms with Crippen molar-refractivity contribution in [2.75, 3.05) is 5.73 Å². The molecule has 64 valence electrons. The molecule has 1 aromatic heterocycles. The molecule has 0 atom stereocenters. The maximum Gasteiger partial charge on any atom is 0.293 e. The second kappa shape index (κ2) is 4.06. The summed E-state index contributed by atoms with van der Waals surface area (Å²) in [5.41, 5.74) is 6.07. The minimum absolute atomic E-state index is 0.146. The van der Waals surface area contributed by atoms with Gasteiger partial charge in [-0.3, -0.25) is 4.79 Å². The van der Waals surface area contributed by atoms with Crippen LogP contribution in [0.4, 0.5) is 5.82 Å². The summed E-state index contributed by atoms with van der Waals surface area (Å²) >= 11 is 3.24. The Labute approximate surface area is 77.9 Å². The molecule has 1 rings (SSSR count). The second-order valence-electron chi connectivity index (χ2n) is 2.11. The van der Waals surface area contributed by atoms with Crippen molar-refractivity contribution < 1.29 is 9.53 Å². The summed E-state index contributed by atoms with van der Waals surface area (Å²) < 4.78 is 5.33. The maximum atomic E-state index is 9.86. The van der Waals surface area contributed by atoms with E-state index in [2.05, 4.69) is 25.7 Å². The van der Waals surface area contributed by atoms with E-state index in [0.717, 1.165) is 4.47 Å². The fourth-order valence-corrected chi connectivity index (χ4v) is 1.26. The van der Waals surface area contributed by atoms with Crippen molar-refractivity contribution in [1.29, 1.82) is 0 Å². The van der Waals surface area contributed by atoms with E-state index in [1.54, 1.807) is 12.1 Å². The van der Waals surface area contributed by atoms with Crippen LogP contribution in [0.2, 0.25) is 0 Å². The van der Waals surface area contributed by atoms with Crippen LogP contribution >= 0.6 is 15.9 Å². The fourth-order valence-electron chi connectivity index (χ4n) is 0.766. The summed E-state index contributed by atoms with van der Waals surface area (Å²) in [6.45, 7) is 0.520. The number of ether oxygens (including phenoxy) is 1. The Hall–Kier alpha value is -1.10. The molecule has 0 radical (unpaired) electrons. The Balaban J connectivity index is 2.78. The minimum atomic E-state index is 0.146. The molecule has 1 heterocycles. The van der Waals surface area contributed by atoms with Gasteiger partial charge in [0.25, 0.3) is 6.47 Å². The van der Waals surface area contributed by atoms with Gasteiger partial charge in [0.2, 0.25) is 0 Å². The molecule has 0 saturated carbocycles. The number of nitrogens with two attached hydrogens (primary N) is 1. The highest BCUT2D eigenvalue weighted by atomic mass is 79.9. The molecule has 0 spiro atoms. The van der Waals surface area contributed by atoms with Crippen LogP contribution in [0.5, 0.6) is 0 Å². The molecular weight excluding hydrogens is 224 g/mol. The summed E-state index contributed by atoms with van der Waals surface area (Å²) in [7, 11) is 0. The van der Waals surface area contributed by atoms with Crippen molar-refractivity contribution in [2.24, 2.45) is 0 Å². The number of nitrogens with zero attached hydrogens (tertiary/aromatic N) is 1. The van der Waals surface area contributed by atoms with E-state index in [4.69, 9.17) is 5.73 Å². The predicted octanol–water partition coefficient (Wildman–Crippen LogP) is 1.10. The molecule has 12 heavy (non-hydrogen) atoms. The van der Waals surface area contributed by atoms with Crippen LogP contribution in [0.15, 0.2) is 16.6 Å². The zero-order valence-electron chi connectivity index (χ0n) is 6.16. The fraction of sp³-hybridized carbons (Fsp3) is 0.143. The molecule has 0 fully saturated rings. The van der Waals surface area contributed by atoms with Gasteiger partial charge in [0.15, 0.2) is 0 Å². The third-order valence-electron chi connectivity index (χ3n) is 1.16. The van der Waals surface area contributed by atoms with Crippen molar-refractivity contribution in [1.82, 2.24) is 4.98 Å². The maximum absolute atomic E-state index is 9.86. The van der Waals surface area contributed by atoms with Crippen molar-refractivity contribution in [2.45, 2.75) is 6.61 Å². The number of pyridine rings is 1. The zero-order valence-corrected chi connectivity index (χ0v) is 7.74. The number of aromatic nitrogens is 1. The highest BCUT2D eigenvalue weighted by Gasteiger charge is 1.98. The van der Waals surface area contributed by atoms with Gasteiger partial charge in [0.1, 0.15) is 12.4 Å². The topological polar surface area (TPSA) is 65.2 Å². The molecular formula is C7H7BrN2O2. The zero-order chi connectivity index (χ0) is 8.97. The van der Waals surface area contributed by atoms with Crippen molar-refractivity contribution in [3.05, 3.63) is 22.3 Å². The lowest BCUT2D eigenvalue weighted by atomic mass is 10.3. The lowest BCUT2D eigenvalue weighted by molar-refractivity contribution is -0.129. The predicted molar refractivity (Wildman–Crippen MR) is 47.2 cm³/mol. The van der Waals surface area contributed by atoms with E-state index >= 15 is 0 Å². The number of carbonyl (C=O) groups is 1. The third kappa shape index (κ3) is 2.50. The van der Waals surface area contributed by atoms with Crippen molar-refractivity contribution >= 4 is 28.2 Å². The number of halogens is 1. The van der Waals surface area contributed by atoms with Gasteiger partial charge in [-0.25, -0.2) is 4.98 Å². The highest BCUT2D eigenvalue weighted by Crippen LogP contribution is 2.14. The second-order valence-corrected chi connectivity index (χ2v) is 3.02. The Kier molecular flexibility index (Phi) is 3.04. The van der Waals surface area contributed by atoms with Gasteiger partial charge in [-0.1, -0.05) is 15.9 Å². The van der Waals surface area contributed by atoms with Crippen LogP contribution in [0.25, 0.3) is 0 Å². The van der Waals surface area contributed by atoms with Gasteiger partial charge in [-0.05, 0) is 12.1 Å². The Morgan fingerprint density at radius 1 is 1.67 bits per heavy atom. The molecule has 2 N–H and O–H groups in total. The molecule has 0 aliphatic rings. The standard InChI is InChI=1S/C7H7BrN2O2/c8-5-1-6(3-12-4-11)10-7(9)2-5/h1-2,4H,3H2,(H2,9,10). The Morgan fingerprint density at radius 2 is 2.42 bits per heavy atom. The summed E-state index contributed by atoms with van der Waals surface area (Å²) in [6.07, 6.45) is 0. The third-order valence-corrected chi connectivity index (χ3v) is 1.62. The van der Waals surface area contributed by atoms with Crippen LogP contribution in [-0.4, -0.2) is 11.5 Å². The Bertz CT molecular complexity index is 270. The van der Waals surface area contributed by atoms with Gasteiger partial charge in [-0.2, -0.15) is 0 Å². The first-order valence-corrected chi connectivity index (χ1v) is 3.99. The van der Waals surface area contributed by atoms with Crippen LogP contribution in [0, 0.1) is 0 Å². The largest absolute Gasteiger partial charge is 0.461 e. The molecule has 0 aliphatic carbocycles. The number of carbonyl (C=O) groups excluding carboxylic acids is 1. The number of nitrogen functional groups attached to an aromatic ring is 1. The minimum Gasteiger partial charge on any atom is -0.461 e. The molecule has 0 bridgehead atoms. The van der Waals surface area contributed by atoms with Gasteiger partial charge in [0, 0.05) is 4.47 Å². The first-order chi connectivity index (χ1) is 5.72. The summed E-state index contributed by atoms with van der Waals surface area (Å²) in [5.74, 6) is 0.397. The number of rotatable bonds is 3. The quantitative estimate of drug-likeness (QED) is 0.791. The molecule has 0 saturated heterocycles. The van der Waals surface area contributed by atoms with Crippen molar-refractivity contribution in [3.8, 4) is 0 Å². The summed E-state index contributed by atoms with van der Waals surface area (Å²) in [5, 5.41) is 0. The SMILES string of the molecule is Nc1cc(Br)cc(COC=O)n1. The van der Waals surface area contributed by atoms with E-state index < -0.39 is 0 Å².